The smallest absolute Gasteiger partial charge is 0.423 e. The molecule has 0 atom stereocenters. The summed E-state index contributed by atoms with van der Waals surface area (Å²) in [6.07, 6.45) is -5.00. The number of hydrogen-bond acceptors (Lipinski definition) is 3. The largest absolute Gasteiger partial charge is 0.471 e. The lowest BCUT2D eigenvalue weighted by atomic mass is 10.2. The Hall–Kier alpha value is -2.25. The minimum absolute atomic E-state index is 0.0658. The first-order valence-electron chi connectivity index (χ1n) is 6.31. The standard InChI is InChI=1S/C15H8Cl2F3NO3/c16-9-5-10(17)7-12(6-9)24-13(22)8-1-3-11(4-2-8)21-14(23)15(18,19)20/h1-7H,(H,21,23). The highest BCUT2D eigenvalue weighted by Crippen LogP contribution is 2.25. The number of carbonyl (C=O) groups is 2. The summed E-state index contributed by atoms with van der Waals surface area (Å²) in [6, 6.07) is 8.92. The lowest BCUT2D eigenvalue weighted by Gasteiger charge is -2.09. The molecule has 0 bridgehead atoms. The Labute approximate surface area is 144 Å². The van der Waals surface area contributed by atoms with E-state index in [-0.39, 0.29) is 27.0 Å². The number of ether oxygens (including phenoxy) is 1. The molecule has 0 aliphatic heterocycles. The van der Waals surface area contributed by atoms with Crippen LogP contribution < -0.4 is 10.1 Å². The number of esters is 1. The molecule has 1 amide bonds. The number of amides is 1. The molecule has 2 rings (SSSR count). The summed E-state index contributed by atoms with van der Waals surface area (Å²) in [4.78, 5) is 22.8. The van der Waals surface area contributed by atoms with Crippen molar-refractivity contribution in [2.24, 2.45) is 0 Å². The third-order valence-electron chi connectivity index (χ3n) is 2.68. The molecular formula is C15H8Cl2F3NO3. The van der Waals surface area contributed by atoms with Gasteiger partial charge in [0.25, 0.3) is 0 Å². The molecule has 0 saturated carbocycles. The van der Waals surface area contributed by atoms with Gasteiger partial charge in [0, 0.05) is 15.7 Å². The SMILES string of the molecule is O=C(Oc1cc(Cl)cc(Cl)c1)c1ccc(NC(=O)C(F)(F)F)cc1. The van der Waals surface area contributed by atoms with Crippen molar-refractivity contribution in [3.05, 3.63) is 58.1 Å². The Morgan fingerprint density at radius 2 is 1.50 bits per heavy atom. The van der Waals surface area contributed by atoms with Gasteiger partial charge in [0.1, 0.15) is 5.75 Å². The summed E-state index contributed by atoms with van der Waals surface area (Å²) in [6.45, 7) is 0. The van der Waals surface area contributed by atoms with Gasteiger partial charge in [-0.15, -0.1) is 0 Å². The number of hydrogen-bond donors (Lipinski definition) is 1. The summed E-state index contributed by atoms with van der Waals surface area (Å²) in [5.41, 5.74) is -0.0456. The molecule has 0 aliphatic carbocycles. The first kappa shape index (κ1) is 18.1. The van der Waals surface area contributed by atoms with E-state index < -0.39 is 18.1 Å². The van der Waals surface area contributed by atoms with E-state index in [2.05, 4.69) is 0 Å². The normalized spacial score (nSPS) is 11.0. The summed E-state index contributed by atoms with van der Waals surface area (Å²) >= 11 is 11.6. The lowest BCUT2D eigenvalue weighted by Crippen LogP contribution is -2.29. The lowest BCUT2D eigenvalue weighted by molar-refractivity contribution is -0.167. The fourth-order valence-electron chi connectivity index (χ4n) is 1.65. The van der Waals surface area contributed by atoms with Gasteiger partial charge in [-0.1, -0.05) is 23.2 Å². The van der Waals surface area contributed by atoms with Crippen molar-refractivity contribution in [3.8, 4) is 5.75 Å². The zero-order valence-corrected chi connectivity index (χ0v) is 13.2. The van der Waals surface area contributed by atoms with Crippen LogP contribution in [0, 0.1) is 0 Å². The summed E-state index contributed by atoms with van der Waals surface area (Å²) in [5, 5.41) is 2.21. The van der Waals surface area contributed by atoms with Gasteiger partial charge in [0.2, 0.25) is 0 Å². The highest BCUT2D eigenvalue weighted by Gasteiger charge is 2.38. The molecule has 0 aliphatic rings. The summed E-state index contributed by atoms with van der Waals surface area (Å²) in [7, 11) is 0. The minimum atomic E-state index is -5.00. The van der Waals surface area contributed by atoms with E-state index >= 15 is 0 Å². The number of alkyl halides is 3. The third-order valence-corrected chi connectivity index (χ3v) is 3.12. The molecule has 0 radical (unpaired) electrons. The molecule has 0 fully saturated rings. The van der Waals surface area contributed by atoms with Crippen molar-refractivity contribution in [1.29, 1.82) is 0 Å². The second kappa shape index (κ2) is 7.11. The quantitative estimate of drug-likeness (QED) is 0.622. The van der Waals surface area contributed by atoms with E-state index in [1.54, 1.807) is 5.32 Å². The van der Waals surface area contributed by atoms with Gasteiger partial charge in [0.05, 0.1) is 5.56 Å². The highest BCUT2D eigenvalue weighted by molar-refractivity contribution is 6.34. The number of halogens is 5. The van der Waals surface area contributed by atoms with Crippen molar-refractivity contribution < 1.29 is 27.5 Å². The molecule has 0 unspecified atom stereocenters. The average Bonchev–Trinajstić information content (AvgIpc) is 2.45. The topological polar surface area (TPSA) is 55.4 Å². The molecule has 1 N–H and O–H groups in total. The van der Waals surface area contributed by atoms with E-state index in [4.69, 9.17) is 27.9 Å². The maximum absolute atomic E-state index is 12.1. The van der Waals surface area contributed by atoms with Crippen LogP contribution in [0.3, 0.4) is 0 Å². The molecule has 126 valence electrons. The zero-order valence-electron chi connectivity index (χ0n) is 11.7. The fourth-order valence-corrected chi connectivity index (χ4v) is 2.15. The van der Waals surface area contributed by atoms with Crippen LogP contribution in [0.4, 0.5) is 18.9 Å². The van der Waals surface area contributed by atoms with E-state index in [0.29, 0.717) is 0 Å². The highest BCUT2D eigenvalue weighted by atomic mass is 35.5. The van der Waals surface area contributed by atoms with Crippen molar-refractivity contribution >= 4 is 40.8 Å². The van der Waals surface area contributed by atoms with Gasteiger partial charge in [-0.05, 0) is 42.5 Å². The van der Waals surface area contributed by atoms with Crippen LogP contribution in [0.2, 0.25) is 10.0 Å². The Morgan fingerprint density at radius 3 is 2.00 bits per heavy atom. The Balaban J connectivity index is 2.07. The third kappa shape index (κ3) is 4.87. The van der Waals surface area contributed by atoms with Crippen LogP contribution in [-0.4, -0.2) is 18.1 Å². The van der Waals surface area contributed by atoms with Crippen molar-refractivity contribution in [2.75, 3.05) is 5.32 Å². The van der Waals surface area contributed by atoms with E-state index in [0.717, 1.165) is 12.1 Å². The van der Waals surface area contributed by atoms with Crippen LogP contribution in [-0.2, 0) is 4.79 Å². The monoisotopic (exact) mass is 377 g/mol. The maximum Gasteiger partial charge on any atom is 0.471 e. The predicted octanol–water partition coefficient (Wildman–Crippen LogP) is 4.71. The van der Waals surface area contributed by atoms with Crippen molar-refractivity contribution in [1.82, 2.24) is 0 Å². The number of nitrogens with one attached hydrogen (secondary N) is 1. The molecule has 0 heterocycles. The molecule has 0 saturated heterocycles. The molecule has 2 aromatic carbocycles. The fraction of sp³-hybridized carbons (Fsp3) is 0.0667. The molecule has 2 aromatic rings. The molecule has 4 nitrogen and oxygen atoms in total. The van der Waals surface area contributed by atoms with Gasteiger partial charge in [-0.2, -0.15) is 13.2 Å². The van der Waals surface area contributed by atoms with Gasteiger partial charge < -0.3 is 10.1 Å². The first-order chi connectivity index (χ1) is 11.1. The van der Waals surface area contributed by atoms with Crippen LogP contribution in [0.25, 0.3) is 0 Å². The van der Waals surface area contributed by atoms with Crippen molar-refractivity contribution in [2.45, 2.75) is 6.18 Å². The molecule has 24 heavy (non-hydrogen) atoms. The van der Waals surface area contributed by atoms with Gasteiger partial charge in [-0.25, -0.2) is 4.79 Å². The number of carbonyl (C=O) groups excluding carboxylic acids is 2. The molecular weight excluding hydrogens is 370 g/mol. The van der Waals surface area contributed by atoms with Crippen molar-refractivity contribution in [3.63, 3.8) is 0 Å². The predicted molar refractivity (Wildman–Crippen MR) is 82.5 cm³/mol. The summed E-state index contributed by atoms with van der Waals surface area (Å²) in [5.74, 6) is -2.75. The Morgan fingerprint density at radius 1 is 0.958 bits per heavy atom. The van der Waals surface area contributed by atoms with E-state index in [1.165, 1.54) is 30.3 Å². The molecule has 0 spiro atoms. The zero-order chi connectivity index (χ0) is 17.9. The number of benzene rings is 2. The second-order valence-corrected chi connectivity index (χ2v) is 5.40. The van der Waals surface area contributed by atoms with Crippen LogP contribution in [0.15, 0.2) is 42.5 Å². The van der Waals surface area contributed by atoms with Gasteiger partial charge >= 0.3 is 18.1 Å². The number of rotatable bonds is 3. The maximum atomic E-state index is 12.1. The van der Waals surface area contributed by atoms with E-state index in [1.807, 2.05) is 0 Å². The first-order valence-corrected chi connectivity index (χ1v) is 7.07. The van der Waals surface area contributed by atoms with Gasteiger partial charge in [-0.3, -0.25) is 4.79 Å². The summed E-state index contributed by atoms with van der Waals surface area (Å²) < 4.78 is 41.5. The molecule has 0 aromatic heterocycles. The average molecular weight is 378 g/mol. The Bertz CT molecular complexity index is 756. The number of anilines is 1. The van der Waals surface area contributed by atoms with Crippen LogP contribution >= 0.6 is 23.2 Å². The minimum Gasteiger partial charge on any atom is -0.423 e. The second-order valence-electron chi connectivity index (χ2n) is 4.52. The van der Waals surface area contributed by atoms with E-state index in [9.17, 15) is 22.8 Å². The van der Waals surface area contributed by atoms with Crippen LogP contribution in [0.1, 0.15) is 10.4 Å². The molecule has 9 heteroatoms. The Kier molecular flexibility index (Phi) is 5.36. The van der Waals surface area contributed by atoms with Gasteiger partial charge in [0.15, 0.2) is 0 Å². The van der Waals surface area contributed by atoms with Crippen LogP contribution in [0.5, 0.6) is 5.75 Å².